The Morgan fingerprint density at radius 2 is 2.05 bits per heavy atom. The SMILES string of the molecule is FC(F)(F)c1ccc(CCC2CC3(CCN2)CC3)nc1. The number of nitrogens with zero attached hydrogens (tertiary/aromatic N) is 1. The van der Waals surface area contributed by atoms with E-state index in [0.29, 0.717) is 11.5 Å². The second kappa shape index (κ2) is 5.02. The number of aromatic nitrogens is 1. The highest BCUT2D eigenvalue weighted by molar-refractivity contribution is 5.17. The number of hydrogen-bond acceptors (Lipinski definition) is 2. The topological polar surface area (TPSA) is 24.9 Å². The van der Waals surface area contributed by atoms with Gasteiger partial charge in [-0.05, 0) is 62.6 Å². The third-order valence-corrected chi connectivity index (χ3v) is 4.63. The van der Waals surface area contributed by atoms with Gasteiger partial charge in [0.2, 0.25) is 0 Å². The molecule has 1 atom stereocenters. The Hall–Kier alpha value is -1.10. The molecule has 1 saturated heterocycles. The molecule has 1 N–H and O–H groups in total. The lowest BCUT2D eigenvalue weighted by atomic mass is 9.87. The molecule has 5 heteroatoms. The van der Waals surface area contributed by atoms with Crippen LogP contribution in [0.25, 0.3) is 0 Å². The summed E-state index contributed by atoms with van der Waals surface area (Å²) < 4.78 is 37.3. The molecule has 20 heavy (non-hydrogen) atoms. The van der Waals surface area contributed by atoms with Crippen LogP contribution in [0.1, 0.15) is 43.4 Å². The molecule has 1 aliphatic carbocycles. The van der Waals surface area contributed by atoms with Crippen molar-refractivity contribution in [3.05, 3.63) is 29.6 Å². The molecule has 0 radical (unpaired) electrons. The number of pyridine rings is 1. The van der Waals surface area contributed by atoms with Gasteiger partial charge in [-0.25, -0.2) is 0 Å². The third-order valence-electron chi connectivity index (χ3n) is 4.63. The van der Waals surface area contributed by atoms with Crippen molar-refractivity contribution in [1.82, 2.24) is 10.3 Å². The summed E-state index contributed by atoms with van der Waals surface area (Å²) in [6.45, 7) is 1.07. The molecule has 2 fully saturated rings. The van der Waals surface area contributed by atoms with Gasteiger partial charge in [0.1, 0.15) is 0 Å². The summed E-state index contributed by atoms with van der Waals surface area (Å²) in [5.74, 6) is 0. The Kier molecular flexibility index (Phi) is 3.48. The van der Waals surface area contributed by atoms with E-state index in [4.69, 9.17) is 0 Å². The average molecular weight is 284 g/mol. The molecule has 1 unspecified atom stereocenters. The van der Waals surface area contributed by atoms with E-state index < -0.39 is 11.7 Å². The van der Waals surface area contributed by atoms with Gasteiger partial charge in [0.05, 0.1) is 5.56 Å². The molecule has 1 aliphatic heterocycles. The first-order valence-corrected chi connectivity index (χ1v) is 7.22. The monoisotopic (exact) mass is 284 g/mol. The molecule has 0 bridgehead atoms. The maximum atomic E-state index is 12.4. The van der Waals surface area contributed by atoms with Gasteiger partial charge in [0, 0.05) is 17.9 Å². The van der Waals surface area contributed by atoms with Crippen LogP contribution in [-0.2, 0) is 12.6 Å². The molecule has 1 aromatic rings. The number of halogens is 3. The van der Waals surface area contributed by atoms with Crippen molar-refractivity contribution in [2.24, 2.45) is 5.41 Å². The van der Waals surface area contributed by atoms with Crippen LogP contribution in [0.15, 0.2) is 18.3 Å². The van der Waals surface area contributed by atoms with E-state index in [1.165, 1.54) is 31.7 Å². The van der Waals surface area contributed by atoms with E-state index >= 15 is 0 Å². The molecule has 1 aromatic heterocycles. The predicted molar refractivity (Wildman–Crippen MR) is 70.3 cm³/mol. The summed E-state index contributed by atoms with van der Waals surface area (Å²) in [5, 5.41) is 3.51. The standard InChI is InChI=1S/C15H19F3N2/c16-15(17,18)11-1-2-12(20-10-11)3-4-13-9-14(5-6-14)7-8-19-13/h1-2,10,13,19H,3-9H2. The summed E-state index contributed by atoms with van der Waals surface area (Å²) >= 11 is 0. The minimum absolute atomic E-state index is 0.496. The van der Waals surface area contributed by atoms with Gasteiger partial charge in [-0.2, -0.15) is 13.2 Å². The van der Waals surface area contributed by atoms with Crippen molar-refractivity contribution in [3.63, 3.8) is 0 Å². The summed E-state index contributed by atoms with van der Waals surface area (Å²) in [4.78, 5) is 3.93. The minimum Gasteiger partial charge on any atom is -0.314 e. The van der Waals surface area contributed by atoms with Gasteiger partial charge in [-0.15, -0.1) is 0 Å². The van der Waals surface area contributed by atoms with Gasteiger partial charge >= 0.3 is 6.18 Å². The lowest BCUT2D eigenvalue weighted by Gasteiger charge is -2.30. The number of nitrogens with one attached hydrogen (secondary N) is 1. The van der Waals surface area contributed by atoms with Gasteiger partial charge in [0.25, 0.3) is 0 Å². The molecular formula is C15H19F3N2. The summed E-state index contributed by atoms with van der Waals surface area (Å²) in [6, 6.07) is 3.12. The summed E-state index contributed by atoms with van der Waals surface area (Å²) in [6.07, 6.45) is 3.54. The van der Waals surface area contributed by atoms with Gasteiger partial charge in [-0.3, -0.25) is 4.98 Å². The second-order valence-electron chi connectivity index (χ2n) is 6.18. The molecule has 2 heterocycles. The zero-order valence-corrected chi connectivity index (χ0v) is 11.3. The highest BCUT2D eigenvalue weighted by atomic mass is 19.4. The van der Waals surface area contributed by atoms with E-state index in [1.54, 1.807) is 0 Å². The van der Waals surface area contributed by atoms with Crippen LogP contribution in [0.4, 0.5) is 13.2 Å². The Morgan fingerprint density at radius 1 is 1.25 bits per heavy atom. The van der Waals surface area contributed by atoms with E-state index in [9.17, 15) is 13.2 Å². The van der Waals surface area contributed by atoms with Crippen molar-refractivity contribution < 1.29 is 13.2 Å². The van der Waals surface area contributed by atoms with Crippen molar-refractivity contribution in [2.45, 2.75) is 50.7 Å². The Balaban J connectivity index is 1.53. The van der Waals surface area contributed by atoms with Crippen LogP contribution >= 0.6 is 0 Å². The van der Waals surface area contributed by atoms with E-state index in [1.807, 2.05) is 0 Å². The fourth-order valence-corrected chi connectivity index (χ4v) is 3.14. The number of alkyl halides is 3. The number of hydrogen-bond donors (Lipinski definition) is 1. The molecule has 2 aliphatic rings. The van der Waals surface area contributed by atoms with E-state index in [-0.39, 0.29) is 0 Å². The van der Waals surface area contributed by atoms with Crippen molar-refractivity contribution in [1.29, 1.82) is 0 Å². The van der Waals surface area contributed by atoms with Crippen molar-refractivity contribution in [3.8, 4) is 0 Å². The number of rotatable bonds is 3. The van der Waals surface area contributed by atoms with Crippen LogP contribution in [0, 0.1) is 5.41 Å². The van der Waals surface area contributed by atoms with Crippen LogP contribution in [0.5, 0.6) is 0 Å². The van der Waals surface area contributed by atoms with Crippen LogP contribution in [0.3, 0.4) is 0 Å². The minimum atomic E-state index is -4.30. The molecule has 2 nitrogen and oxygen atoms in total. The molecular weight excluding hydrogens is 265 g/mol. The molecule has 1 spiro atoms. The normalized spacial score (nSPS) is 24.9. The summed E-state index contributed by atoms with van der Waals surface area (Å²) in [7, 11) is 0. The average Bonchev–Trinajstić information content (AvgIpc) is 3.15. The molecule has 110 valence electrons. The largest absolute Gasteiger partial charge is 0.417 e. The number of piperidine rings is 1. The lowest BCUT2D eigenvalue weighted by molar-refractivity contribution is -0.137. The first-order chi connectivity index (χ1) is 9.47. The Morgan fingerprint density at radius 3 is 2.65 bits per heavy atom. The third kappa shape index (κ3) is 3.14. The smallest absolute Gasteiger partial charge is 0.314 e. The van der Waals surface area contributed by atoms with Crippen LogP contribution < -0.4 is 5.32 Å². The maximum Gasteiger partial charge on any atom is 0.417 e. The van der Waals surface area contributed by atoms with Crippen LogP contribution in [-0.4, -0.2) is 17.6 Å². The maximum absolute atomic E-state index is 12.4. The van der Waals surface area contributed by atoms with Crippen LogP contribution in [0.2, 0.25) is 0 Å². The molecule has 3 rings (SSSR count). The highest BCUT2D eigenvalue weighted by Crippen LogP contribution is 2.54. The lowest BCUT2D eigenvalue weighted by Crippen LogP contribution is -2.39. The second-order valence-corrected chi connectivity index (χ2v) is 6.18. The summed E-state index contributed by atoms with van der Waals surface area (Å²) in [5.41, 5.74) is 0.674. The predicted octanol–water partition coefficient (Wildman–Crippen LogP) is 3.57. The fourth-order valence-electron chi connectivity index (χ4n) is 3.14. The van der Waals surface area contributed by atoms with E-state index in [0.717, 1.165) is 37.3 Å². The quantitative estimate of drug-likeness (QED) is 0.918. The molecule has 0 amide bonds. The van der Waals surface area contributed by atoms with Gasteiger partial charge in [0.15, 0.2) is 0 Å². The van der Waals surface area contributed by atoms with Gasteiger partial charge in [-0.1, -0.05) is 0 Å². The highest BCUT2D eigenvalue weighted by Gasteiger charge is 2.45. The number of aryl methyl sites for hydroxylation is 1. The fraction of sp³-hybridized carbons (Fsp3) is 0.667. The Labute approximate surface area is 116 Å². The van der Waals surface area contributed by atoms with Gasteiger partial charge < -0.3 is 5.32 Å². The van der Waals surface area contributed by atoms with E-state index in [2.05, 4.69) is 10.3 Å². The van der Waals surface area contributed by atoms with Crippen molar-refractivity contribution >= 4 is 0 Å². The first kappa shape index (κ1) is 13.9. The first-order valence-electron chi connectivity index (χ1n) is 7.22. The zero-order chi connectivity index (χ0) is 14.2. The van der Waals surface area contributed by atoms with Crippen molar-refractivity contribution in [2.75, 3.05) is 6.54 Å². The molecule has 1 saturated carbocycles. The Bertz CT molecular complexity index is 463. The zero-order valence-electron chi connectivity index (χ0n) is 11.3. The molecule has 0 aromatic carbocycles.